The first kappa shape index (κ1) is 16.5. The number of piperidine rings is 1. The molecular formula is C14H21ClN2O3S. The Morgan fingerprint density at radius 2 is 2.24 bits per heavy atom. The lowest BCUT2D eigenvalue weighted by Gasteiger charge is -2.30. The molecule has 0 aliphatic carbocycles. The van der Waals surface area contributed by atoms with Gasteiger partial charge in [-0.3, -0.25) is 0 Å². The standard InChI is InChI=1S/C14H21ClN2O3S/c1-21(18,19)17-6-2-3-12(9-17)10-20-14-5-4-11(8-16)7-13(14)15/h4-5,7,12H,2-3,6,8-10,16H2,1H3. The van der Waals surface area contributed by atoms with Crippen molar-refractivity contribution >= 4 is 21.6 Å². The van der Waals surface area contributed by atoms with Crippen molar-refractivity contribution in [3.63, 3.8) is 0 Å². The van der Waals surface area contributed by atoms with Gasteiger partial charge in [-0.2, -0.15) is 0 Å². The number of nitrogens with zero attached hydrogens (tertiary/aromatic N) is 1. The quantitative estimate of drug-likeness (QED) is 0.893. The summed E-state index contributed by atoms with van der Waals surface area (Å²) in [6.07, 6.45) is 3.07. The van der Waals surface area contributed by atoms with Crippen molar-refractivity contribution in [1.29, 1.82) is 0 Å². The molecule has 1 aliphatic heterocycles. The van der Waals surface area contributed by atoms with Crippen LogP contribution in [0, 0.1) is 5.92 Å². The van der Waals surface area contributed by atoms with Gasteiger partial charge in [-0.15, -0.1) is 0 Å². The molecule has 1 aromatic carbocycles. The average Bonchev–Trinajstić information content (AvgIpc) is 2.45. The highest BCUT2D eigenvalue weighted by Gasteiger charge is 2.26. The molecule has 0 amide bonds. The average molecular weight is 333 g/mol. The molecule has 118 valence electrons. The molecule has 0 radical (unpaired) electrons. The van der Waals surface area contributed by atoms with Crippen LogP contribution in [0.5, 0.6) is 5.75 Å². The molecule has 0 bridgehead atoms. The molecule has 0 aromatic heterocycles. The van der Waals surface area contributed by atoms with Crippen LogP contribution in [0.2, 0.25) is 5.02 Å². The lowest BCUT2D eigenvalue weighted by atomic mass is 10.0. The highest BCUT2D eigenvalue weighted by atomic mass is 35.5. The summed E-state index contributed by atoms with van der Waals surface area (Å²) in [6, 6.07) is 5.48. The molecule has 1 aliphatic rings. The first-order valence-corrected chi connectivity index (χ1v) is 9.19. The lowest BCUT2D eigenvalue weighted by molar-refractivity contribution is 0.181. The van der Waals surface area contributed by atoms with Crippen molar-refractivity contribution in [2.45, 2.75) is 19.4 Å². The highest BCUT2D eigenvalue weighted by molar-refractivity contribution is 7.88. The Morgan fingerprint density at radius 1 is 1.48 bits per heavy atom. The Labute approximate surface area is 131 Å². The van der Waals surface area contributed by atoms with Gasteiger partial charge in [0.25, 0.3) is 0 Å². The molecule has 5 nitrogen and oxygen atoms in total. The van der Waals surface area contributed by atoms with Gasteiger partial charge in [0.2, 0.25) is 10.0 Å². The predicted molar refractivity (Wildman–Crippen MR) is 84.0 cm³/mol. The topological polar surface area (TPSA) is 72.6 Å². The van der Waals surface area contributed by atoms with Gasteiger partial charge in [-0.05, 0) is 30.5 Å². The molecule has 1 atom stereocenters. The summed E-state index contributed by atoms with van der Waals surface area (Å²) in [6.45, 7) is 2.01. The molecular weight excluding hydrogens is 312 g/mol. The maximum Gasteiger partial charge on any atom is 0.211 e. The van der Waals surface area contributed by atoms with E-state index in [1.54, 1.807) is 6.07 Å². The SMILES string of the molecule is CS(=O)(=O)N1CCCC(COc2ccc(CN)cc2Cl)C1. The largest absolute Gasteiger partial charge is 0.492 e. The van der Waals surface area contributed by atoms with Gasteiger partial charge in [0, 0.05) is 25.6 Å². The van der Waals surface area contributed by atoms with Crippen LogP contribution in [-0.4, -0.2) is 38.7 Å². The minimum Gasteiger partial charge on any atom is -0.492 e. The summed E-state index contributed by atoms with van der Waals surface area (Å²) >= 11 is 6.14. The van der Waals surface area contributed by atoms with Crippen LogP contribution >= 0.6 is 11.6 Å². The van der Waals surface area contributed by atoms with Crippen LogP contribution in [0.15, 0.2) is 18.2 Å². The molecule has 1 heterocycles. The van der Waals surface area contributed by atoms with Gasteiger partial charge in [0.1, 0.15) is 5.75 Å². The van der Waals surface area contributed by atoms with E-state index >= 15 is 0 Å². The Balaban J connectivity index is 1.94. The van der Waals surface area contributed by atoms with Crippen molar-refractivity contribution in [2.75, 3.05) is 26.0 Å². The zero-order chi connectivity index (χ0) is 15.5. The number of ether oxygens (including phenoxy) is 1. The monoisotopic (exact) mass is 332 g/mol. The minimum absolute atomic E-state index is 0.193. The zero-order valence-electron chi connectivity index (χ0n) is 12.1. The second kappa shape index (κ2) is 6.96. The van der Waals surface area contributed by atoms with Crippen LogP contribution in [0.3, 0.4) is 0 Å². The maximum absolute atomic E-state index is 11.6. The Bertz CT molecular complexity index is 592. The number of halogens is 1. The number of hydrogen-bond acceptors (Lipinski definition) is 4. The fourth-order valence-corrected chi connectivity index (χ4v) is 3.66. The summed E-state index contributed by atoms with van der Waals surface area (Å²) in [7, 11) is -3.12. The lowest BCUT2D eigenvalue weighted by Crippen LogP contribution is -2.40. The molecule has 7 heteroatoms. The number of hydrogen-bond donors (Lipinski definition) is 1. The molecule has 0 spiro atoms. The first-order valence-electron chi connectivity index (χ1n) is 6.96. The molecule has 0 saturated carbocycles. The van der Waals surface area contributed by atoms with Crippen LogP contribution in [0.4, 0.5) is 0 Å². The summed E-state index contributed by atoms with van der Waals surface area (Å²) in [5, 5.41) is 0.536. The summed E-state index contributed by atoms with van der Waals surface area (Å²) in [5.74, 6) is 0.809. The van der Waals surface area contributed by atoms with Crippen LogP contribution < -0.4 is 10.5 Å². The van der Waals surface area contributed by atoms with Gasteiger partial charge >= 0.3 is 0 Å². The van der Waals surface area contributed by atoms with E-state index in [4.69, 9.17) is 22.1 Å². The molecule has 1 saturated heterocycles. The van der Waals surface area contributed by atoms with Crippen LogP contribution in [0.1, 0.15) is 18.4 Å². The van der Waals surface area contributed by atoms with Gasteiger partial charge in [-0.1, -0.05) is 17.7 Å². The number of rotatable bonds is 5. The van der Waals surface area contributed by atoms with Gasteiger partial charge < -0.3 is 10.5 Å². The fraction of sp³-hybridized carbons (Fsp3) is 0.571. The smallest absolute Gasteiger partial charge is 0.211 e. The van der Waals surface area contributed by atoms with E-state index in [2.05, 4.69) is 0 Å². The highest BCUT2D eigenvalue weighted by Crippen LogP contribution is 2.27. The van der Waals surface area contributed by atoms with Crippen LogP contribution in [-0.2, 0) is 16.6 Å². The number of benzene rings is 1. The third-order valence-electron chi connectivity index (χ3n) is 3.66. The second-order valence-corrected chi connectivity index (χ2v) is 7.80. The van der Waals surface area contributed by atoms with Crippen molar-refractivity contribution in [3.05, 3.63) is 28.8 Å². The van der Waals surface area contributed by atoms with Crippen molar-refractivity contribution in [1.82, 2.24) is 4.31 Å². The van der Waals surface area contributed by atoms with Crippen molar-refractivity contribution in [3.8, 4) is 5.75 Å². The Hall–Kier alpha value is -0.820. The molecule has 1 aromatic rings. The van der Waals surface area contributed by atoms with Crippen molar-refractivity contribution < 1.29 is 13.2 Å². The molecule has 2 rings (SSSR count). The molecule has 1 unspecified atom stereocenters. The normalized spacial score (nSPS) is 20.4. The van der Waals surface area contributed by atoms with E-state index in [1.165, 1.54) is 10.6 Å². The molecule has 21 heavy (non-hydrogen) atoms. The fourth-order valence-electron chi connectivity index (χ4n) is 2.46. The summed E-state index contributed by atoms with van der Waals surface area (Å²) in [4.78, 5) is 0. The van der Waals surface area contributed by atoms with E-state index in [9.17, 15) is 8.42 Å². The van der Waals surface area contributed by atoms with Crippen molar-refractivity contribution in [2.24, 2.45) is 11.7 Å². The third kappa shape index (κ3) is 4.57. The van der Waals surface area contributed by atoms with Gasteiger partial charge in [0.05, 0.1) is 17.9 Å². The maximum atomic E-state index is 11.6. The zero-order valence-corrected chi connectivity index (χ0v) is 13.7. The predicted octanol–water partition coefficient (Wildman–Crippen LogP) is 1.85. The molecule has 1 fully saturated rings. The second-order valence-electron chi connectivity index (χ2n) is 5.41. The summed E-state index contributed by atoms with van der Waals surface area (Å²) in [5.41, 5.74) is 6.51. The Kier molecular flexibility index (Phi) is 5.48. The third-order valence-corrected chi connectivity index (χ3v) is 5.22. The van der Waals surface area contributed by atoms with E-state index in [0.717, 1.165) is 18.4 Å². The van der Waals surface area contributed by atoms with Crippen LogP contribution in [0.25, 0.3) is 0 Å². The van der Waals surface area contributed by atoms with Gasteiger partial charge in [0.15, 0.2) is 0 Å². The molecule has 2 N–H and O–H groups in total. The summed E-state index contributed by atoms with van der Waals surface area (Å²) < 4.78 is 30.4. The van der Waals surface area contributed by atoms with E-state index in [1.807, 2.05) is 12.1 Å². The minimum atomic E-state index is -3.12. The van der Waals surface area contributed by atoms with E-state index in [0.29, 0.717) is 37.0 Å². The van der Waals surface area contributed by atoms with Gasteiger partial charge in [-0.25, -0.2) is 12.7 Å². The number of nitrogens with two attached hydrogens (primary N) is 1. The van der Waals surface area contributed by atoms with E-state index in [-0.39, 0.29) is 5.92 Å². The number of sulfonamides is 1. The van der Waals surface area contributed by atoms with E-state index < -0.39 is 10.0 Å². The first-order chi connectivity index (χ1) is 9.90. The Morgan fingerprint density at radius 3 is 2.86 bits per heavy atom.